The highest BCUT2D eigenvalue weighted by Gasteiger charge is 2.29. The first-order chi connectivity index (χ1) is 13.4. The number of carbonyl (C=O) groups is 2. The molecule has 3 amide bonds. The van der Waals surface area contributed by atoms with Crippen LogP contribution in [-0.4, -0.2) is 80.3 Å². The van der Waals surface area contributed by atoms with Crippen molar-refractivity contribution in [2.45, 2.75) is 42.4 Å². The van der Waals surface area contributed by atoms with E-state index in [0.29, 0.717) is 26.2 Å². The fourth-order valence-corrected chi connectivity index (χ4v) is 5.93. The van der Waals surface area contributed by atoms with Gasteiger partial charge in [-0.3, -0.25) is 4.79 Å². The molecule has 1 aromatic heterocycles. The summed E-state index contributed by atoms with van der Waals surface area (Å²) >= 11 is 1.13. The summed E-state index contributed by atoms with van der Waals surface area (Å²) in [6.45, 7) is 1.57. The van der Waals surface area contributed by atoms with Gasteiger partial charge in [0.25, 0.3) is 10.0 Å². The van der Waals surface area contributed by atoms with Crippen molar-refractivity contribution in [1.82, 2.24) is 19.4 Å². The van der Waals surface area contributed by atoms with Gasteiger partial charge >= 0.3 is 6.03 Å². The van der Waals surface area contributed by atoms with E-state index in [4.69, 9.17) is 0 Å². The Balaban J connectivity index is 1.46. The summed E-state index contributed by atoms with van der Waals surface area (Å²) in [4.78, 5) is 28.3. The third-order valence-electron chi connectivity index (χ3n) is 5.37. The van der Waals surface area contributed by atoms with Crippen LogP contribution in [0.1, 0.15) is 32.1 Å². The Hall–Kier alpha value is -1.65. The van der Waals surface area contributed by atoms with Crippen LogP contribution < -0.4 is 5.32 Å². The van der Waals surface area contributed by atoms with Gasteiger partial charge in [0.15, 0.2) is 0 Å². The van der Waals surface area contributed by atoms with Crippen LogP contribution in [0, 0.1) is 0 Å². The number of sulfonamides is 1. The quantitative estimate of drug-likeness (QED) is 0.771. The number of nitrogens with one attached hydrogen (secondary N) is 1. The lowest BCUT2D eigenvalue weighted by Gasteiger charge is -2.36. The second kappa shape index (κ2) is 9.23. The van der Waals surface area contributed by atoms with Crippen LogP contribution >= 0.6 is 11.3 Å². The summed E-state index contributed by atoms with van der Waals surface area (Å²) in [5.74, 6) is -0.241. The van der Waals surface area contributed by atoms with Gasteiger partial charge in [0.2, 0.25) is 5.91 Å². The van der Waals surface area contributed by atoms with Gasteiger partial charge in [-0.15, -0.1) is 11.3 Å². The minimum absolute atomic E-state index is 0.0589. The van der Waals surface area contributed by atoms with Crippen LogP contribution in [0.25, 0.3) is 0 Å². The fourth-order valence-electron chi connectivity index (χ4n) is 3.61. The summed E-state index contributed by atoms with van der Waals surface area (Å²) in [6, 6.07) is 3.41. The van der Waals surface area contributed by atoms with Gasteiger partial charge in [0.05, 0.1) is 6.54 Å². The molecule has 0 unspecified atom stereocenters. The zero-order valence-electron chi connectivity index (χ0n) is 16.2. The third-order valence-corrected chi connectivity index (χ3v) is 8.55. The predicted molar refractivity (Wildman–Crippen MR) is 108 cm³/mol. The zero-order valence-corrected chi connectivity index (χ0v) is 17.8. The molecule has 0 spiro atoms. The van der Waals surface area contributed by atoms with Crippen LogP contribution in [0.5, 0.6) is 0 Å². The molecular formula is C18H28N4O4S2. The maximum atomic E-state index is 12.5. The number of hydrogen-bond donors (Lipinski definition) is 1. The van der Waals surface area contributed by atoms with Gasteiger partial charge in [-0.05, 0) is 24.3 Å². The van der Waals surface area contributed by atoms with E-state index in [-0.39, 0.29) is 28.7 Å². The van der Waals surface area contributed by atoms with Crippen LogP contribution in [0.15, 0.2) is 21.7 Å². The maximum Gasteiger partial charge on any atom is 0.317 e. The Morgan fingerprint density at radius 1 is 1.14 bits per heavy atom. The number of urea groups is 1. The summed E-state index contributed by atoms with van der Waals surface area (Å²) < 4.78 is 26.2. The maximum absolute atomic E-state index is 12.5. The fraction of sp³-hybridized carbons (Fsp3) is 0.667. The van der Waals surface area contributed by atoms with E-state index in [1.54, 1.807) is 21.2 Å². The Morgan fingerprint density at radius 3 is 2.39 bits per heavy atom. The second-order valence-corrected chi connectivity index (χ2v) is 10.6. The molecule has 0 atom stereocenters. The van der Waals surface area contributed by atoms with E-state index in [1.807, 2.05) is 0 Å². The molecule has 156 valence electrons. The van der Waals surface area contributed by atoms with Gasteiger partial charge < -0.3 is 15.1 Å². The molecule has 1 aromatic rings. The molecule has 0 radical (unpaired) electrons. The lowest BCUT2D eigenvalue weighted by Crippen LogP contribution is -2.55. The first kappa shape index (κ1) is 21.1. The lowest BCUT2D eigenvalue weighted by atomic mass is 9.96. The van der Waals surface area contributed by atoms with Crippen molar-refractivity contribution in [3.63, 3.8) is 0 Å². The highest BCUT2D eigenvalue weighted by atomic mass is 32.2. The van der Waals surface area contributed by atoms with Crippen molar-refractivity contribution in [2.24, 2.45) is 0 Å². The molecule has 2 heterocycles. The standard InChI is InChI=1S/C18H28N4O4S2/c1-20(28(25,26)17-8-5-13-27-17)14-16(23)21-9-11-22(12-10-21)18(24)19-15-6-3-2-4-7-15/h5,8,13,15H,2-4,6-7,9-12,14H2,1H3,(H,19,24). The molecule has 1 aliphatic heterocycles. The van der Waals surface area contributed by atoms with Crippen molar-refractivity contribution < 1.29 is 18.0 Å². The lowest BCUT2D eigenvalue weighted by molar-refractivity contribution is -0.132. The van der Waals surface area contributed by atoms with E-state index in [0.717, 1.165) is 41.3 Å². The first-order valence-electron chi connectivity index (χ1n) is 9.71. The molecule has 3 rings (SSSR count). The van der Waals surface area contributed by atoms with Crippen molar-refractivity contribution in [3.05, 3.63) is 17.5 Å². The molecule has 8 nitrogen and oxygen atoms in total. The topological polar surface area (TPSA) is 90.0 Å². The zero-order chi connectivity index (χ0) is 20.1. The number of likely N-dealkylation sites (N-methyl/N-ethyl adjacent to an activating group) is 1. The molecule has 1 saturated carbocycles. The Kier molecular flexibility index (Phi) is 6.95. The first-order valence-corrected chi connectivity index (χ1v) is 12.0. The van der Waals surface area contributed by atoms with Crippen molar-refractivity contribution in [1.29, 1.82) is 0 Å². The predicted octanol–water partition coefficient (Wildman–Crippen LogP) is 1.56. The minimum atomic E-state index is -3.64. The van der Waals surface area contributed by atoms with Gasteiger partial charge in [0.1, 0.15) is 4.21 Å². The largest absolute Gasteiger partial charge is 0.338 e. The number of nitrogens with zero attached hydrogens (tertiary/aromatic N) is 3. The molecule has 1 N–H and O–H groups in total. The van der Waals surface area contributed by atoms with E-state index >= 15 is 0 Å². The van der Waals surface area contributed by atoms with E-state index in [2.05, 4.69) is 5.32 Å². The second-order valence-electron chi connectivity index (χ2n) is 7.35. The number of piperazine rings is 1. The molecular weight excluding hydrogens is 400 g/mol. The van der Waals surface area contributed by atoms with E-state index in [1.165, 1.54) is 19.5 Å². The normalized spacial score (nSPS) is 19.1. The highest BCUT2D eigenvalue weighted by Crippen LogP contribution is 2.20. The van der Waals surface area contributed by atoms with Crippen molar-refractivity contribution in [3.8, 4) is 0 Å². The van der Waals surface area contributed by atoms with Gasteiger partial charge in [0, 0.05) is 39.3 Å². The number of amides is 3. The molecule has 10 heteroatoms. The molecule has 28 heavy (non-hydrogen) atoms. The summed E-state index contributed by atoms with van der Waals surface area (Å²) in [5, 5.41) is 4.79. The summed E-state index contributed by atoms with van der Waals surface area (Å²) in [5.41, 5.74) is 0. The minimum Gasteiger partial charge on any atom is -0.338 e. The summed E-state index contributed by atoms with van der Waals surface area (Å²) in [7, 11) is -2.22. The number of carbonyl (C=O) groups excluding carboxylic acids is 2. The SMILES string of the molecule is CN(CC(=O)N1CCN(C(=O)NC2CCCCC2)CC1)S(=O)(=O)c1cccs1. The molecule has 1 aliphatic carbocycles. The average Bonchev–Trinajstić information content (AvgIpc) is 3.24. The number of rotatable bonds is 5. The van der Waals surface area contributed by atoms with Crippen LogP contribution in [0.2, 0.25) is 0 Å². The van der Waals surface area contributed by atoms with Gasteiger partial charge in [-0.1, -0.05) is 25.3 Å². The van der Waals surface area contributed by atoms with E-state index < -0.39 is 10.0 Å². The Labute approximate surface area is 170 Å². The van der Waals surface area contributed by atoms with E-state index in [9.17, 15) is 18.0 Å². The van der Waals surface area contributed by atoms with Crippen molar-refractivity contribution in [2.75, 3.05) is 39.8 Å². The molecule has 2 fully saturated rings. The molecule has 1 saturated heterocycles. The molecule has 0 aromatic carbocycles. The molecule has 0 bridgehead atoms. The average molecular weight is 429 g/mol. The third kappa shape index (κ3) is 5.03. The molecule has 2 aliphatic rings. The smallest absolute Gasteiger partial charge is 0.317 e. The monoisotopic (exact) mass is 428 g/mol. The van der Waals surface area contributed by atoms with Crippen LogP contribution in [-0.2, 0) is 14.8 Å². The summed E-state index contributed by atoms with van der Waals surface area (Å²) in [6.07, 6.45) is 5.64. The van der Waals surface area contributed by atoms with Crippen LogP contribution in [0.3, 0.4) is 0 Å². The van der Waals surface area contributed by atoms with Crippen molar-refractivity contribution >= 4 is 33.3 Å². The highest BCUT2D eigenvalue weighted by molar-refractivity contribution is 7.91. The van der Waals surface area contributed by atoms with Gasteiger partial charge in [-0.25, -0.2) is 13.2 Å². The van der Waals surface area contributed by atoms with Gasteiger partial charge in [-0.2, -0.15) is 4.31 Å². The Bertz CT molecular complexity index is 768. The number of hydrogen-bond acceptors (Lipinski definition) is 5. The number of thiophene rings is 1. The Morgan fingerprint density at radius 2 is 1.79 bits per heavy atom. The van der Waals surface area contributed by atoms with Crippen LogP contribution in [0.4, 0.5) is 4.79 Å².